The normalized spacial score (nSPS) is 11.9. The van der Waals surface area contributed by atoms with E-state index >= 15 is 0 Å². The maximum atomic E-state index is 5.90. The summed E-state index contributed by atoms with van der Waals surface area (Å²) in [5.74, 6) is 0.608. The molecule has 0 saturated heterocycles. The van der Waals surface area contributed by atoms with Crippen LogP contribution in [0.1, 0.15) is 0 Å². The van der Waals surface area contributed by atoms with E-state index in [0.29, 0.717) is 12.5 Å². The number of nitrogens with zero attached hydrogens (tertiary/aromatic N) is 4. The van der Waals surface area contributed by atoms with Crippen molar-refractivity contribution in [2.24, 2.45) is 0 Å². The molecule has 1 N–H and O–H groups in total. The molecule has 0 amide bonds. The Morgan fingerprint density at radius 3 is 2.85 bits per heavy atom. The highest BCUT2D eigenvalue weighted by atomic mass is 79.9. The minimum Gasteiger partial charge on any atom is -0.360 e. The number of hydrogen-bond donors (Lipinski definition) is 1. The summed E-state index contributed by atoms with van der Waals surface area (Å²) in [6.45, 7) is 8.24. The van der Waals surface area contributed by atoms with E-state index in [4.69, 9.17) is 16.3 Å². The lowest BCUT2D eigenvalue weighted by Crippen LogP contribution is -2.22. The fourth-order valence-corrected chi connectivity index (χ4v) is 3.59. The van der Waals surface area contributed by atoms with Crippen molar-refractivity contribution in [1.29, 1.82) is 0 Å². The van der Waals surface area contributed by atoms with Crippen LogP contribution in [0.3, 0.4) is 0 Å². The van der Waals surface area contributed by atoms with Crippen molar-refractivity contribution < 1.29 is 4.74 Å². The van der Waals surface area contributed by atoms with Crippen LogP contribution in [0.15, 0.2) is 35.1 Å². The van der Waals surface area contributed by atoms with E-state index in [9.17, 15) is 0 Å². The number of aromatic nitrogens is 4. The Kier molecular flexibility index (Phi) is 5.96. The Hall–Kier alpha value is -1.48. The summed E-state index contributed by atoms with van der Waals surface area (Å²) in [6.07, 6.45) is 3.45. The van der Waals surface area contributed by atoms with Gasteiger partial charge in [0.25, 0.3) is 0 Å². The highest BCUT2D eigenvalue weighted by molar-refractivity contribution is 9.10. The summed E-state index contributed by atoms with van der Waals surface area (Å²) in [5, 5.41) is 8.93. The van der Waals surface area contributed by atoms with Crippen molar-refractivity contribution in [3.05, 3.63) is 40.3 Å². The molecule has 1 aromatic carbocycles. The van der Waals surface area contributed by atoms with Crippen LogP contribution in [-0.4, -0.2) is 34.4 Å². The van der Waals surface area contributed by atoms with E-state index in [2.05, 4.69) is 56.0 Å². The molecule has 0 radical (unpaired) electrons. The molecule has 2 aromatic heterocycles. The number of fused-ring (bicyclic) bond motifs is 1. The van der Waals surface area contributed by atoms with Crippen LogP contribution in [0.5, 0.6) is 0 Å². The van der Waals surface area contributed by atoms with Gasteiger partial charge in [-0.05, 0) is 45.7 Å². The van der Waals surface area contributed by atoms with Crippen LogP contribution in [-0.2, 0) is 11.5 Å². The molecule has 0 fully saturated rings. The van der Waals surface area contributed by atoms with Crippen molar-refractivity contribution in [3.63, 3.8) is 0 Å². The Balaban J connectivity index is 1.77. The number of ether oxygens (including phenoxy) is 1. The second-order valence-electron chi connectivity index (χ2n) is 7.19. The number of benzene rings is 1. The average molecular weight is 455 g/mol. The first-order valence-electron chi connectivity index (χ1n) is 8.31. The molecule has 2 heterocycles. The van der Waals surface area contributed by atoms with Gasteiger partial charge in [0.15, 0.2) is 0 Å². The molecular weight excluding hydrogens is 434 g/mol. The fourth-order valence-electron chi connectivity index (χ4n) is 2.41. The molecule has 3 aromatic rings. The third-order valence-electron chi connectivity index (χ3n) is 3.87. The molecule has 0 aliphatic carbocycles. The lowest BCUT2D eigenvalue weighted by Gasteiger charge is -2.15. The largest absolute Gasteiger partial charge is 0.360 e. The molecule has 3 rings (SSSR count). The van der Waals surface area contributed by atoms with E-state index in [1.165, 1.54) is 0 Å². The lowest BCUT2D eigenvalue weighted by atomic mass is 10.2. The predicted molar refractivity (Wildman–Crippen MR) is 112 cm³/mol. The van der Waals surface area contributed by atoms with Crippen LogP contribution >= 0.6 is 27.5 Å². The number of rotatable bonds is 7. The van der Waals surface area contributed by atoms with E-state index in [-0.39, 0.29) is 5.28 Å². The van der Waals surface area contributed by atoms with E-state index in [0.717, 1.165) is 33.7 Å². The summed E-state index contributed by atoms with van der Waals surface area (Å²) >= 11 is 9.33. The Bertz CT molecular complexity index is 912. The number of halogens is 2. The number of anilines is 2. The van der Waals surface area contributed by atoms with Gasteiger partial charge in [-0.25, -0.2) is 9.67 Å². The molecule has 138 valence electrons. The van der Waals surface area contributed by atoms with Crippen molar-refractivity contribution in [2.75, 3.05) is 11.9 Å². The minimum atomic E-state index is -1.09. The third-order valence-corrected chi connectivity index (χ3v) is 6.33. The molecular formula is C17H21BrClN5OSi. The topological polar surface area (TPSA) is 64.9 Å². The molecule has 0 aliphatic heterocycles. The predicted octanol–water partition coefficient (Wildman–Crippen LogP) is 5.30. The SMILES string of the molecule is C[Si](C)(C)CCOCn1ncc2c(Nc3nc(Cl)ncc3Br)cccc21. The zero-order valence-corrected chi connectivity index (χ0v) is 18.3. The Morgan fingerprint density at radius 2 is 2.08 bits per heavy atom. The van der Waals surface area contributed by atoms with Crippen LogP contribution in [0.2, 0.25) is 31.0 Å². The van der Waals surface area contributed by atoms with Gasteiger partial charge in [-0.15, -0.1) is 0 Å². The molecule has 0 saturated carbocycles. The average Bonchev–Trinajstić information content (AvgIpc) is 2.98. The zero-order chi connectivity index (χ0) is 18.7. The van der Waals surface area contributed by atoms with Crippen LogP contribution in [0, 0.1) is 0 Å². The number of nitrogens with one attached hydrogen (secondary N) is 1. The molecule has 0 atom stereocenters. The first kappa shape index (κ1) is 19.3. The highest BCUT2D eigenvalue weighted by Gasteiger charge is 2.13. The van der Waals surface area contributed by atoms with Gasteiger partial charge >= 0.3 is 0 Å². The second-order valence-corrected chi connectivity index (χ2v) is 14.0. The summed E-state index contributed by atoms with van der Waals surface area (Å²) in [4.78, 5) is 8.16. The van der Waals surface area contributed by atoms with Crippen LogP contribution < -0.4 is 5.32 Å². The quantitative estimate of drug-likeness (QED) is 0.298. The van der Waals surface area contributed by atoms with Gasteiger partial charge in [-0.1, -0.05) is 25.7 Å². The first-order chi connectivity index (χ1) is 12.3. The van der Waals surface area contributed by atoms with Gasteiger partial charge in [0.1, 0.15) is 12.5 Å². The molecule has 0 spiro atoms. The smallest absolute Gasteiger partial charge is 0.224 e. The Labute approximate surface area is 167 Å². The van der Waals surface area contributed by atoms with Gasteiger partial charge in [-0.2, -0.15) is 10.1 Å². The standard InChI is InChI=1S/C17H21BrClN5OSi/c1-26(2,3)8-7-25-11-24-15-6-4-5-14(12(15)9-21-24)22-16-13(18)10-20-17(19)23-16/h4-6,9-10H,7-8,11H2,1-3H3,(H,20,22,23). The van der Waals surface area contributed by atoms with Gasteiger partial charge in [0.05, 0.1) is 21.9 Å². The first-order valence-corrected chi connectivity index (χ1v) is 13.2. The minimum absolute atomic E-state index is 0.189. The summed E-state index contributed by atoms with van der Waals surface area (Å²) < 4.78 is 8.43. The van der Waals surface area contributed by atoms with Crippen LogP contribution in [0.4, 0.5) is 11.5 Å². The third kappa shape index (κ3) is 4.82. The van der Waals surface area contributed by atoms with Crippen molar-refractivity contribution in [2.45, 2.75) is 32.4 Å². The number of hydrogen-bond acceptors (Lipinski definition) is 5. The van der Waals surface area contributed by atoms with E-state index in [1.807, 2.05) is 29.1 Å². The monoisotopic (exact) mass is 453 g/mol. The van der Waals surface area contributed by atoms with Gasteiger partial charge in [-0.3, -0.25) is 0 Å². The molecule has 0 aliphatic rings. The van der Waals surface area contributed by atoms with Gasteiger partial charge < -0.3 is 10.1 Å². The molecule has 6 nitrogen and oxygen atoms in total. The molecule has 26 heavy (non-hydrogen) atoms. The fraction of sp³-hybridized carbons (Fsp3) is 0.353. The molecule has 9 heteroatoms. The molecule has 0 unspecified atom stereocenters. The van der Waals surface area contributed by atoms with Crippen molar-refractivity contribution in [3.8, 4) is 0 Å². The van der Waals surface area contributed by atoms with Crippen molar-refractivity contribution >= 4 is 58.0 Å². The zero-order valence-electron chi connectivity index (χ0n) is 15.0. The van der Waals surface area contributed by atoms with Gasteiger partial charge in [0.2, 0.25) is 5.28 Å². The maximum Gasteiger partial charge on any atom is 0.224 e. The van der Waals surface area contributed by atoms with Crippen LogP contribution in [0.25, 0.3) is 10.9 Å². The van der Waals surface area contributed by atoms with E-state index < -0.39 is 8.07 Å². The van der Waals surface area contributed by atoms with Gasteiger partial charge in [0, 0.05) is 26.3 Å². The Morgan fingerprint density at radius 1 is 1.27 bits per heavy atom. The second kappa shape index (κ2) is 8.04. The summed E-state index contributed by atoms with van der Waals surface area (Å²) in [6, 6.07) is 7.11. The molecule has 0 bridgehead atoms. The maximum absolute atomic E-state index is 5.90. The highest BCUT2D eigenvalue weighted by Crippen LogP contribution is 2.29. The lowest BCUT2D eigenvalue weighted by molar-refractivity contribution is 0.0817. The summed E-state index contributed by atoms with van der Waals surface area (Å²) in [7, 11) is -1.09. The van der Waals surface area contributed by atoms with Crippen molar-refractivity contribution in [1.82, 2.24) is 19.7 Å². The van der Waals surface area contributed by atoms with E-state index in [1.54, 1.807) is 6.20 Å². The summed E-state index contributed by atoms with van der Waals surface area (Å²) in [5.41, 5.74) is 1.89.